The van der Waals surface area contributed by atoms with Crippen molar-refractivity contribution < 1.29 is 9.13 Å². The molecule has 2 rings (SSSR count). The highest BCUT2D eigenvalue weighted by Crippen LogP contribution is 2.28. The van der Waals surface area contributed by atoms with Gasteiger partial charge in [0, 0.05) is 19.0 Å². The van der Waals surface area contributed by atoms with Gasteiger partial charge in [-0.1, -0.05) is 6.07 Å². The van der Waals surface area contributed by atoms with Gasteiger partial charge in [0.2, 0.25) is 0 Å². The first-order valence-corrected chi connectivity index (χ1v) is 4.39. The fourth-order valence-electron chi connectivity index (χ4n) is 1.61. The number of likely N-dealkylation sites (N-methyl/N-ethyl adjacent to an activating group) is 1. The van der Waals surface area contributed by atoms with E-state index >= 15 is 0 Å². The molecule has 2 nitrogen and oxygen atoms in total. The Kier molecular flexibility index (Phi) is 2.19. The zero-order chi connectivity index (χ0) is 9.26. The van der Waals surface area contributed by atoms with Gasteiger partial charge < -0.3 is 10.1 Å². The Balaban J connectivity index is 2.16. The smallest absolute Gasteiger partial charge is 0.126 e. The third kappa shape index (κ3) is 1.65. The Bertz CT molecular complexity index is 314. The first-order chi connectivity index (χ1) is 6.29. The van der Waals surface area contributed by atoms with Crippen LogP contribution in [-0.4, -0.2) is 19.7 Å². The molecule has 0 aromatic heterocycles. The van der Waals surface area contributed by atoms with E-state index in [0.29, 0.717) is 5.75 Å². The second kappa shape index (κ2) is 3.34. The summed E-state index contributed by atoms with van der Waals surface area (Å²) in [6.45, 7) is 0.802. The summed E-state index contributed by atoms with van der Waals surface area (Å²) in [5.41, 5.74) is 1.10. The molecule has 1 aliphatic rings. The molecule has 0 fully saturated rings. The van der Waals surface area contributed by atoms with E-state index in [1.807, 2.05) is 7.05 Å². The average Bonchev–Trinajstić information content (AvgIpc) is 2.46. The molecule has 0 saturated carbocycles. The zero-order valence-electron chi connectivity index (χ0n) is 7.51. The molecule has 0 amide bonds. The van der Waals surface area contributed by atoms with Crippen LogP contribution in [0.2, 0.25) is 0 Å². The predicted octanol–water partition coefficient (Wildman–Crippen LogP) is 1.35. The van der Waals surface area contributed by atoms with Gasteiger partial charge in [-0.25, -0.2) is 4.39 Å². The molecule has 0 saturated heterocycles. The van der Waals surface area contributed by atoms with Crippen molar-refractivity contribution in [2.45, 2.75) is 12.5 Å². The largest absolute Gasteiger partial charge is 0.488 e. The average molecular weight is 181 g/mol. The van der Waals surface area contributed by atoms with Crippen molar-refractivity contribution in [3.05, 3.63) is 29.6 Å². The highest BCUT2D eigenvalue weighted by atomic mass is 19.1. The Labute approximate surface area is 76.7 Å². The van der Waals surface area contributed by atoms with Crippen molar-refractivity contribution in [1.29, 1.82) is 0 Å². The number of halogens is 1. The molecule has 0 radical (unpaired) electrons. The van der Waals surface area contributed by atoms with E-state index in [9.17, 15) is 4.39 Å². The molecule has 0 spiro atoms. The maximum atomic E-state index is 12.8. The summed E-state index contributed by atoms with van der Waals surface area (Å²) in [6.07, 6.45) is 1.03. The molecule has 1 unspecified atom stereocenters. The van der Waals surface area contributed by atoms with Gasteiger partial charge in [0.25, 0.3) is 0 Å². The van der Waals surface area contributed by atoms with Crippen LogP contribution >= 0.6 is 0 Å². The van der Waals surface area contributed by atoms with E-state index in [1.165, 1.54) is 12.1 Å². The van der Waals surface area contributed by atoms with Crippen molar-refractivity contribution in [1.82, 2.24) is 5.32 Å². The second-order valence-electron chi connectivity index (χ2n) is 3.25. The first kappa shape index (κ1) is 8.51. The summed E-state index contributed by atoms with van der Waals surface area (Å²) in [5, 5.41) is 3.04. The number of rotatable bonds is 2. The van der Waals surface area contributed by atoms with Crippen molar-refractivity contribution in [2.75, 3.05) is 13.6 Å². The predicted molar refractivity (Wildman–Crippen MR) is 48.4 cm³/mol. The lowest BCUT2D eigenvalue weighted by atomic mass is 10.1. The van der Waals surface area contributed by atoms with Gasteiger partial charge in [-0.05, 0) is 18.7 Å². The summed E-state index contributed by atoms with van der Waals surface area (Å²) in [6, 6.07) is 4.72. The lowest BCUT2D eigenvalue weighted by molar-refractivity contribution is 0.231. The molecule has 1 atom stereocenters. The molecule has 13 heavy (non-hydrogen) atoms. The van der Waals surface area contributed by atoms with Gasteiger partial charge in [0.05, 0.1) is 0 Å². The molecule has 1 aromatic carbocycles. The van der Waals surface area contributed by atoms with Crippen LogP contribution in [-0.2, 0) is 6.42 Å². The molecule has 1 heterocycles. The third-order valence-corrected chi connectivity index (χ3v) is 2.20. The lowest BCUT2D eigenvalue weighted by Crippen LogP contribution is -2.27. The highest BCUT2D eigenvalue weighted by Gasteiger charge is 2.22. The lowest BCUT2D eigenvalue weighted by Gasteiger charge is -2.08. The van der Waals surface area contributed by atoms with Crippen molar-refractivity contribution in [3.63, 3.8) is 0 Å². The van der Waals surface area contributed by atoms with Crippen molar-refractivity contribution >= 4 is 0 Å². The molecule has 70 valence electrons. The van der Waals surface area contributed by atoms with Crippen LogP contribution in [0.1, 0.15) is 5.56 Å². The van der Waals surface area contributed by atoms with E-state index in [-0.39, 0.29) is 11.9 Å². The number of ether oxygens (including phenoxy) is 1. The Morgan fingerprint density at radius 1 is 1.62 bits per heavy atom. The normalized spacial score (nSPS) is 19.7. The van der Waals surface area contributed by atoms with Crippen LogP contribution in [0.5, 0.6) is 5.75 Å². The van der Waals surface area contributed by atoms with Crippen molar-refractivity contribution in [3.8, 4) is 5.75 Å². The topological polar surface area (TPSA) is 21.3 Å². The maximum absolute atomic E-state index is 12.8. The summed E-state index contributed by atoms with van der Waals surface area (Å²) in [5.74, 6) is 0.462. The zero-order valence-corrected chi connectivity index (χ0v) is 7.51. The molecule has 0 aliphatic carbocycles. The second-order valence-corrected chi connectivity index (χ2v) is 3.25. The first-order valence-electron chi connectivity index (χ1n) is 4.39. The summed E-state index contributed by atoms with van der Waals surface area (Å²) < 4.78 is 18.3. The minimum Gasteiger partial charge on any atom is -0.488 e. The Morgan fingerprint density at radius 2 is 2.46 bits per heavy atom. The van der Waals surface area contributed by atoms with Gasteiger partial charge in [0.1, 0.15) is 17.7 Å². The number of fused-ring (bicyclic) bond motifs is 1. The molecule has 1 aliphatic heterocycles. The van der Waals surface area contributed by atoms with Gasteiger partial charge in [-0.2, -0.15) is 0 Å². The summed E-state index contributed by atoms with van der Waals surface area (Å²) in [7, 11) is 1.88. The van der Waals surface area contributed by atoms with E-state index < -0.39 is 0 Å². The SMILES string of the molecule is CNCC1Cc2ccc(F)cc2O1. The minimum absolute atomic E-state index is 0.154. The molecular formula is C10H12FNO. The standard InChI is InChI=1S/C10H12FNO/c1-12-6-9-4-7-2-3-8(11)5-10(7)13-9/h2-3,5,9,12H,4,6H2,1H3. The van der Waals surface area contributed by atoms with E-state index in [2.05, 4.69) is 5.32 Å². The number of hydrogen-bond donors (Lipinski definition) is 1. The third-order valence-electron chi connectivity index (χ3n) is 2.20. The van der Waals surface area contributed by atoms with Crippen LogP contribution < -0.4 is 10.1 Å². The number of hydrogen-bond acceptors (Lipinski definition) is 2. The van der Waals surface area contributed by atoms with E-state index in [0.717, 1.165) is 18.5 Å². The number of benzene rings is 1. The fraction of sp³-hybridized carbons (Fsp3) is 0.400. The van der Waals surface area contributed by atoms with Crippen LogP contribution in [0.4, 0.5) is 4.39 Å². The molecule has 0 bridgehead atoms. The molecule has 3 heteroatoms. The summed E-state index contributed by atoms with van der Waals surface area (Å²) >= 11 is 0. The van der Waals surface area contributed by atoms with Gasteiger partial charge >= 0.3 is 0 Å². The monoisotopic (exact) mass is 181 g/mol. The van der Waals surface area contributed by atoms with E-state index in [4.69, 9.17) is 4.74 Å². The summed E-state index contributed by atoms with van der Waals surface area (Å²) in [4.78, 5) is 0. The molecule has 1 aromatic rings. The van der Waals surface area contributed by atoms with Crippen LogP contribution in [0.3, 0.4) is 0 Å². The Hall–Kier alpha value is -1.09. The van der Waals surface area contributed by atoms with Crippen LogP contribution in [0.15, 0.2) is 18.2 Å². The number of nitrogens with one attached hydrogen (secondary N) is 1. The minimum atomic E-state index is -0.233. The maximum Gasteiger partial charge on any atom is 0.126 e. The highest BCUT2D eigenvalue weighted by molar-refractivity contribution is 5.37. The molecule has 1 N–H and O–H groups in total. The van der Waals surface area contributed by atoms with Gasteiger partial charge in [0.15, 0.2) is 0 Å². The molecular weight excluding hydrogens is 169 g/mol. The fourth-order valence-corrected chi connectivity index (χ4v) is 1.61. The van der Waals surface area contributed by atoms with Crippen LogP contribution in [0, 0.1) is 5.82 Å². The van der Waals surface area contributed by atoms with Gasteiger partial charge in [-0.15, -0.1) is 0 Å². The van der Waals surface area contributed by atoms with Crippen LogP contribution in [0.25, 0.3) is 0 Å². The quantitative estimate of drug-likeness (QED) is 0.743. The van der Waals surface area contributed by atoms with Gasteiger partial charge in [-0.3, -0.25) is 0 Å². The van der Waals surface area contributed by atoms with Crippen molar-refractivity contribution in [2.24, 2.45) is 0 Å². The van der Waals surface area contributed by atoms with E-state index in [1.54, 1.807) is 6.07 Å². The Morgan fingerprint density at radius 3 is 3.23 bits per heavy atom.